The van der Waals surface area contributed by atoms with Crippen LogP contribution in [0, 0.1) is 6.92 Å². The third-order valence-electron chi connectivity index (χ3n) is 3.29. The predicted octanol–water partition coefficient (Wildman–Crippen LogP) is 2.52. The highest BCUT2D eigenvalue weighted by atomic mass is 16.1. The maximum absolute atomic E-state index is 11.6. The largest absolute Gasteiger partial charge is 0.352 e. The average molecular weight is 262 g/mol. The zero-order chi connectivity index (χ0) is 14.5. The van der Waals surface area contributed by atoms with Crippen LogP contribution >= 0.6 is 0 Å². The van der Waals surface area contributed by atoms with Crippen molar-refractivity contribution in [2.45, 2.75) is 46.1 Å². The second kappa shape index (κ2) is 6.71. The number of hydrogen-bond acceptors (Lipinski definition) is 2. The summed E-state index contributed by atoms with van der Waals surface area (Å²) in [4.78, 5) is 11.6. The summed E-state index contributed by atoms with van der Waals surface area (Å²) in [5.41, 5.74) is 3.92. The van der Waals surface area contributed by atoms with Gasteiger partial charge in [-0.05, 0) is 36.1 Å². The predicted molar refractivity (Wildman–Crippen MR) is 80.3 cm³/mol. The number of carbonyl (C=O) groups excluding carboxylic acids is 1. The van der Waals surface area contributed by atoms with Crippen LogP contribution in [0.15, 0.2) is 18.2 Å². The molecule has 0 fully saturated rings. The molecule has 0 aliphatic heterocycles. The first-order valence-corrected chi connectivity index (χ1v) is 6.86. The first kappa shape index (κ1) is 15.7. The van der Waals surface area contributed by atoms with Crippen LogP contribution in [-0.2, 0) is 16.8 Å². The van der Waals surface area contributed by atoms with Crippen LogP contribution in [-0.4, -0.2) is 19.5 Å². The van der Waals surface area contributed by atoms with Gasteiger partial charge in [-0.3, -0.25) is 4.79 Å². The number of rotatable bonds is 5. The molecule has 3 heteroatoms. The fraction of sp³-hybridized carbons (Fsp3) is 0.562. The molecule has 0 aliphatic carbocycles. The number of hydrogen-bond donors (Lipinski definition) is 2. The van der Waals surface area contributed by atoms with Crippen molar-refractivity contribution in [3.05, 3.63) is 34.9 Å². The monoisotopic (exact) mass is 262 g/mol. The second-order valence-electron chi connectivity index (χ2n) is 6.02. The van der Waals surface area contributed by atoms with Crippen molar-refractivity contribution in [2.24, 2.45) is 0 Å². The van der Waals surface area contributed by atoms with Crippen molar-refractivity contribution in [1.82, 2.24) is 10.6 Å². The first-order chi connectivity index (χ1) is 8.84. The third kappa shape index (κ3) is 5.03. The van der Waals surface area contributed by atoms with Crippen molar-refractivity contribution in [1.29, 1.82) is 0 Å². The Morgan fingerprint density at radius 3 is 2.47 bits per heavy atom. The number of nitrogens with one attached hydrogen (secondary N) is 2. The van der Waals surface area contributed by atoms with E-state index >= 15 is 0 Å². The molecule has 0 bridgehead atoms. The lowest BCUT2D eigenvalue weighted by atomic mass is 9.85. The maximum Gasteiger partial charge on any atom is 0.221 e. The summed E-state index contributed by atoms with van der Waals surface area (Å²) >= 11 is 0. The molecule has 0 saturated carbocycles. The highest BCUT2D eigenvalue weighted by Gasteiger charge is 2.14. The van der Waals surface area contributed by atoms with Gasteiger partial charge in [0.1, 0.15) is 0 Å². The fourth-order valence-corrected chi connectivity index (χ4v) is 1.88. The SMILES string of the molecule is CNCCC(=O)NCc1ccc(C(C)(C)C)cc1C. The summed E-state index contributed by atoms with van der Waals surface area (Å²) in [6, 6.07) is 6.49. The summed E-state index contributed by atoms with van der Waals surface area (Å²) in [5, 5.41) is 5.93. The standard InChI is InChI=1S/C16H26N2O/c1-12-10-14(16(2,3)4)7-6-13(12)11-18-15(19)8-9-17-5/h6-7,10,17H,8-9,11H2,1-5H3,(H,18,19). The lowest BCUT2D eigenvalue weighted by molar-refractivity contribution is -0.121. The van der Waals surface area contributed by atoms with Crippen LogP contribution in [0.25, 0.3) is 0 Å². The smallest absolute Gasteiger partial charge is 0.221 e. The van der Waals surface area contributed by atoms with Gasteiger partial charge in [-0.15, -0.1) is 0 Å². The quantitative estimate of drug-likeness (QED) is 0.856. The second-order valence-corrected chi connectivity index (χ2v) is 6.02. The molecular formula is C16H26N2O. The molecule has 19 heavy (non-hydrogen) atoms. The van der Waals surface area contributed by atoms with E-state index in [9.17, 15) is 4.79 Å². The van der Waals surface area contributed by atoms with E-state index in [1.54, 1.807) is 0 Å². The molecule has 1 aromatic carbocycles. The van der Waals surface area contributed by atoms with Crippen LogP contribution in [0.4, 0.5) is 0 Å². The Bertz CT molecular complexity index is 433. The zero-order valence-electron chi connectivity index (χ0n) is 12.8. The van der Waals surface area contributed by atoms with Gasteiger partial charge in [0.15, 0.2) is 0 Å². The Morgan fingerprint density at radius 2 is 1.95 bits per heavy atom. The minimum Gasteiger partial charge on any atom is -0.352 e. The molecular weight excluding hydrogens is 236 g/mol. The zero-order valence-corrected chi connectivity index (χ0v) is 12.8. The lowest BCUT2D eigenvalue weighted by Gasteiger charge is -2.20. The van der Waals surface area contributed by atoms with E-state index in [4.69, 9.17) is 0 Å². The summed E-state index contributed by atoms with van der Waals surface area (Å²) in [5.74, 6) is 0.0913. The molecule has 0 aromatic heterocycles. The van der Waals surface area contributed by atoms with Crippen LogP contribution < -0.4 is 10.6 Å². The summed E-state index contributed by atoms with van der Waals surface area (Å²) in [6.45, 7) is 10.1. The molecule has 1 rings (SSSR count). The summed E-state index contributed by atoms with van der Waals surface area (Å²) in [6.07, 6.45) is 0.523. The molecule has 1 amide bonds. The van der Waals surface area contributed by atoms with E-state index < -0.39 is 0 Å². The number of amides is 1. The lowest BCUT2D eigenvalue weighted by Crippen LogP contribution is -2.26. The molecule has 0 atom stereocenters. The van der Waals surface area contributed by atoms with E-state index in [1.165, 1.54) is 16.7 Å². The van der Waals surface area contributed by atoms with Gasteiger partial charge in [0.2, 0.25) is 5.91 Å². The van der Waals surface area contributed by atoms with Gasteiger partial charge in [-0.25, -0.2) is 0 Å². The highest BCUT2D eigenvalue weighted by Crippen LogP contribution is 2.24. The normalized spacial score (nSPS) is 11.4. The van der Waals surface area contributed by atoms with E-state index in [0.717, 1.165) is 0 Å². The van der Waals surface area contributed by atoms with E-state index in [1.807, 2.05) is 7.05 Å². The average Bonchev–Trinajstić information content (AvgIpc) is 2.33. The highest BCUT2D eigenvalue weighted by molar-refractivity contribution is 5.76. The molecule has 0 radical (unpaired) electrons. The maximum atomic E-state index is 11.6. The van der Waals surface area contributed by atoms with Gasteiger partial charge in [0.25, 0.3) is 0 Å². The molecule has 3 nitrogen and oxygen atoms in total. The number of carbonyl (C=O) groups is 1. The molecule has 0 aliphatic rings. The van der Waals surface area contributed by atoms with Crippen molar-refractivity contribution < 1.29 is 4.79 Å². The molecule has 0 heterocycles. The Hall–Kier alpha value is -1.35. The van der Waals surface area contributed by atoms with Crippen molar-refractivity contribution >= 4 is 5.91 Å². The molecule has 2 N–H and O–H groups in total. The Morgan fingerprint density at radius 1 is 1.26 bits per heavy atom. The Balaban J connectivity index is 2.63. The van der Waals surface area contributed by atoms with E-state index in [-0.39, 0.29) is 11.3 Å². The number of benzene rings is 1. The van der Waals surface area contributed by atoms with Crippen molar-refractivity contribution in [3.8, 4) is 0 Å². The molecule has 0 unspecified atom stereocenters. The minimum atomic E-state index is 0.0913. The minimum absolute atomic E-state index is 0.0913. The topological polar surface area (TPSA) is 41.1 Å². The summed E-state index contributed by atoms with van der Waals surface area (Å²) in [7, 11) is 1.85. The van der Waals surface area contributed by atoms with E-state index in [2.05, 4.69) is 56.5 Å². The number of aryl methyl sites for hydroxylation is 1. The van der Waals surface area contributed by atoms with Gasteiger partial charge in [0, 0.05) is 19.5 Å². The van der Waals surface area contributed by atoms with Gasteiger partial charge in [-0.2, -0.15) is 0 Å². The van der Waals surface area contributed by atoms with E-state index in [0.29, 0.717) is 19.5 Å². The van der Waals surface area contributed by atoms with Crippen LogP contribution in [0.3, 0.4) is 0 Å². The Labute approximate surface area is 116 Å². The first-order valence-electron chi connectivity index (χ1n) is 6.86. The third-order valence-corrected chi connectivity index (χ3v) is 3.29. The van der Waals surface area contributed by atoms with Crippen LogP contribution in [0.5, 0.6) is 0 Å². The van der Waals surface area contributed by atoms with Gasteiger partial charge >= 0.3 is 0 Å². The molecule has 106 valence electrons. The summed E-state index contributed by atoms with van der Waals surface area (Å²) < 4.78 is 0. The van der Waals surface area contributed by atoms with Crippen LogP contribution in [0.1, 0.15) is 43.9 Å². The fourth-order valence-electron chi connectivity index (χ4n) is 1.88. The molecule has 0 spiro atoms. The van der Waals surface area contributed by atoms with Gasteiger partial charge < -0.3 is 10.6 Å². The van der Waals surface area contributed by atoms with Crippen molar-refractivity contribution in [2.75, 3.05) is 13.6 Å². The molecule has 0 saturated heterocycles. The van der Waals surface area contributed by atoms with Gasteiger partial charge in [-0.1, -0.05) is 39.0 Å². The molecule has 1 aromatic rings. The van der Waals surface area contributed by atoms with Gasteiger partial charge in [0.05, 0.1) is 0 Å². The van der Waals surface area contributed by atoms with Crippen LogP contribution in [0.2, 0.25) is 0 Å². The van der Waals surface area contributed by atoms with Crippen molar-refractivity contribution in [3.63, 3.8) is 0 Å². The Kier molecular flexibility index (Phi) is 5.55.